The molecule has 0 radical (unpaired) electrons. The third kappa shape index (κ3) is 5.46. The zero-order chi connectivity index (χ0) is 25.8. The molecule has 0 saturated carbocycles. The lowest BCUT2D eigenvalue weighted by molar-refractivity contribution is -0.187. The minimum absolute atomic E-state index is 0.0230. The number of benzene rings is 2. The van der Waals surface area contributed by atoms with Crippen molar-refractivity contribution < 1.29 is 19.1 Å². The number of hydrogen-bond donors (Lipinski definition) is 1. The lowest BCUT2D eigenvalue weighted by Gasteiger charge is -2.54. The first-order chi connectivity index (χ1) is 17.3. The highest BCUT2D eigenvalue weighted by molar-refractivity contribution is 5.91. The van der Waals surface area contributed by atoms with Crippen molar-refractivity contribution in [1.82, 2.24) is 25.1 Å². The molecule has 2 atom stereocenters. The fourth-order valence-electron chi connectivity index (χ4n) is 4.95. The second-order valence-electron chi connectivity index (χ2n) is 9.79. The van der Waals surface area contributed by atoms with E-state index < -0.39 is 12.2 Å². The van der Waals surface area contributed by atoms with Gasteiger partial charge in [-0.05, 0) is 29.2 Å². The van der Waals surface area contributed by atoms with Crippen LogP contribution in [-0.2, 0) is 22.6 Å². The van der Waals surface area contributed by atoms with Crippen LogP contribution in [0.25, 0.3) is 0 Å². The number of nitrogens with zero attached hydrogens (tertiary/aromatic N) is 4. The van der Waals surface area contributed by atoms with Crippen LogP contribution in [0.3, 0.4) is 0 Å². The number of methoxy groups -OCH3 is 1. The number of nitrogens with one attached hydrogen (secondary N) is 1. The number of piperazine rings is 1. The maximum atomic E-state index is 13.6. The molecule has 0 spiro atoms. The Morgan fingerprint density at radius 2 is 1.75 bits per heavy atom. The van der Waals surface area contributed by atoms with Gasteiger partial charge in [0.25, 0.3) is 0 Å². The standard InChI is InChI=1S/C27H35N5O4/c1-19(2)16-30-17-24-31(23(26(30)34)14-20-8-6-5-7-9-20)25(33)18-29(3)32(24)27(35)28-15-21-10-12-22(36-4)13-11-21/h5-13,19,23-24H,14-18H2,1-4H3,(H,28,35)/t23-,24-/m0/s1. The average Bonchev–Trinajstić information content (AvgIpc) is 2.85. The van der Waals surface area contributed by atoms with Crippen molar-refractivity contribution in [2.24, 2.45) is 5.92 Å². The van der Waals surface area contributed by atoms with Crippen molar-refractivity contribution >= 4 is 17.8 Å². The maximum Gasteiger partial charge on any atom is 0.334 e. The molecule has 4 amide bonds. The van der Waals surface area contributed by atoms with Crippen LogP contribution in [-0.4, -0.2) is 83.7 Å². The van der Waals surface area contributed by atoms with Crippen molar-refractivity contribution in [3.63, 3.8) is 0 Å². The van der Waals surface area contributed by atoms with Crippen LogP contribution in [0.2, 0.25) is 0 Å². The van der Waals surface area contributed by atoms with Crippen LogP contribution >= 0.6 is 0 Å². The van der Waals surface area contributed by atoms with E-state index in [4.69, 9.17) is 4.74 Å². The first-order valence-corrected chi connectivity index (χ1v) is 12.3. The van der Waals surface area contributed by atoms with E-state index in [2.05, 4.69) is 19.2 Å². The first-order valence-electron chi connectivity index (χ1n) is 12.3. The highest BCUT2D eigenvalue weighted by Crippen LogP contribution is 2.28. The Balaban J connectivity index is 1.59. The summed E-state index contributed by atoms with van der Waals surface area (Å²) in [4.78, 5) is 43.7. The molecule has 4 rings (SSSR count). The molecule has 2 heterocycles. The third-order valence-electron chi connectivity index (χ3n) is 6.61. The molecular weight excluding hydrogens is 458 g/mol. The second kappa shape index (κ2) is 11.0. The number of carbonyl (C=O) groups is 3. The summed E-state index contributed by atoms with van der Waals surface area (Å²) in [7, 11) is 3.34. The summed E-state index contributed by atoms with van der Waals surface area (Å²) in [6.45, 7) is 5.31. The molecule has 9 heteroatoms. The Labute approximate surface area is 212 Å². The Morgan fingerprint density at radius 1 is 1.06 bits per heavy atom. The van der Waals surface area contributed by atoms with Gasteiger partial charge >= 0.3 is 6.03 Å². The highest BCUT2D eigenvalue weighted by atomic mass is 16.5. The average molecular weight is 494 g/mol. The number of urea groups is 1. The number of carbonyl (C=O) groups excluding carboxylic acids is 3. The van der Waals surface area contributed by atoms with Crippen molar-refractivity contribution in [2.75, 3.05) is 33.8 Å². The molecule has 192 valence electrons. The lowest BCUT2D eigenvalue weighted by atomic mass is 9.98. The summed E-state index contributed by atoms with van der Waals surface area (Å²) in [6, 6.07) is 16.2. The van der Waals surface area contributed by atoms with Gasteiger partial charge in [-0.3, -0.25) is 9.59 Å². The van der Waals surface area contributed by atoms with E-state index in [1.807, 2.05) is 54.6 Å². The maximum absolute atomic E-state index is 13.6. The minimum atomic E-state index is -0.664. The van der Waals surface area contributed by atoms with Crippen LogP contribution in [0.4, 0.5) is 4.79 Å². The number of fused-ring (bicyclic) bond motifs is 1. The molecule has 2 fully saturated rings. The molecule has 1 N–H and O–H groups in total. The highest BCUT2D eigenvalue weighted by Gasteiger charge is 2.50. The number of hydrogen-bond acceptors (Lipinski definition) is 5. The van der Waals surface area contributed by atoms with Gasteiger partial charge in [0.2, 0.25) is 11.8 Å². The molecule has 2 aliphatic heterocycles. The van der Waals surface area contributed by atoms with Crippen molar-refractivity contribution in [1.29, 1.82) is 0 Å². The predicted octanol–water partition coefficient (Wildman–Crippen LogP) is 2.33. The van der Waals surface area contributed by atoms with E-state index >= 15 is 0 Å². The van der Waals surface area contributed by atoms with E-state index in [-0.39, 0.29) is 36.9 Å². The van der Waals surface area contributed by atoms with Gasteiger partial charge in [0.05, 0.1) is 20.2 Å². The number of likely N-dealkylation sites (N-methyl/N-ethyl adjacent to an activating group) is 1. The lowest BCUT2D eigenvalue weighted by Crippen LogP contribution is -2.76. The van der Waals surface area contributed by atoms with E-state index in [0.29, 0.717) is 19.5 Å². The van der Waals surface area contributed by atoms with Crippen molar-refractivity contribution in [3.05, 3.63) is 65.7 Å². The molecular formula is C27H35N5O4. The molecule has 0 aliphatic carbocycles. The van der Waals surface area contributed by atoms with Crippen LogP contribution in [0, 0.1) is 5.92 Å². The van der Waals surface area contributed by atoms with Crippen molar-refractivity contribution in [3.8, 4) is 5.75 Å². The van der Waals surface area contributed by atoms with Gasteiger partial charge in [0.15, 0.2) is 0 Å². The Hall–Kier alpha value is -3.59. The topological polar surface area (TPSA) is 85.4 Å². The summed E-state index contributed by atoms with van der Waals surface area (Å²) in [5.41, 5.74) is 1.90. The number of ether oxygens (including phenoxy) is 1. The zero-order valence-corrected chi connectivity index (χ0v) is 21.4. The third-order valence-corrected chi connectivity index (χ3v) is 6.61. The van der Waals surface area contributed by atoms with Gasteiger partial charge in [0, 0.05) is 26.6 Å². The van der Waals surface area contributed by atoms with Crippen molar-refractivity contribution in [2.45, 2.75) is 39.0 Å². The Kier molecular flexibility index (Phi) is 7.79. The fraction of sp³-hybridized carbons (Fsp3) is 0.444. The van der Waals surface area contributed by atoms with Crippen LogP contribution in [0.5, 0.6) is 5.75 Å². The summed E-state index contributed by atoms with van der Waals surface area (Å²) in [5, 5.41) is 6.21. The number of amides is 4. The smallest absolute Gasteiger partial charge is 0.334 e. The molecule has 0 aromatic heterocycles. The zero-order valence-electron chi connectivity index (χ0n) is 21.4. The molecule has 36 heavy (non-hydrogen) atoms. The molecule has 9 nitrogen and oxygen atoms in total. The van der Waals surface area contributed by atoms with Crippen LogP contribution < -0.4 is 10.1 Å². The first kappa shape index (κ1) is 25.5. The predicted molar refractivity (Wildman–Crippen MR) is 136 cm³/mol. The normalized spacial score (nSPS) is 20.5. The molecule has 0 bridgehead atoms. The molecule has 2 aromatic carbocycles. The van der Waals surface area contributed by atoms with E-state index in [0.717, 1.165) is 16.9 Å². The van der Waals surface area contributed by atoms with Gasteiger partial charge < -0.3 is 19.9 Å². The molecule has 2 aliphatic rings. The van der Waals surface area contributed by atoms with Gasteiger partial charge in [-0.1, -0.05) is 56.3 Å². The second-order valence-corrected chi connectivity index (χ2v) is 9.79. The SMILES string of the molecule is COc1ccc(CNC(=O)N2[C@H]3CN(CC(C)C)C(=O)[C@H](Cc4ccccc4)N3C(=O)CN2C)cc1. The van der Waals surface area contributed by atoms with Crippen LogP contribution in [0.15, 0.2) is 54.6 Å². The summed E-state index contributed by atoms with van der Waals surface area (Å²) in [6.07, 6.45) is -0.182. The monoisotopic (exact) mass is 493 g/mol. The van der Waals surface area contributed by atoms with E-state index in [1.165, 1.54) is 0 Å². The summed E-state index contributed by atoms with van der Waals surface area (Å²) >= 11 is 0. The van der Waals surface area contributed by atoms with Crippen LogP contribution in [0.1, 0.15) is 25.0 Å². The van der Waals surface area contributed by atoms with Gasteiger partial charge in [0.1, 0.15) is 18.0 Å². The Morgan fingerprint density at radius 3 is 2.39 bits per heavy atom. The summed E-state index contributed by atoms with van der Waals surface area (Å²) < 4.78 is 5.20. The largest absolute Gasteiger partial charge is 0.497 e. The number of hydrazine groups is 1. The van der Waals surface area contributed by atoms with E-state index in [1.54, 1.807) is 34.0 Å². The number of rotatable bonds is 7. The molecule has 0 unspecified atom stereocenters. The van der Waals surface area contributed by atoms with Gasteiger partial charge in [-0.25, -0.2) is 14.8 Å². The molecule has 2 aromatic rings. The fourth-order valence-corrected chi connectivity index (χ4v) is 4.95. The van der Waals surface area contributed by atoms with Gasteiger partial charge in [-0.15, -0.1) is 0 Å². The quantitative estimate of drug-likeness (QED) is 0.640. The van der Waals surface area contributed by atoms with Gasteiger partial charge in [-0.2, -0.15) is 0 Å². The minimum Gasteiger partial charge on any atom is -0.497 e. The Bertz CT molecular complexity index is 1080. The summed E-state index contributed by atoms with van der Waals surface area (Å²) in [5.74, 6) is 0.782. The molecule has 2 saturated heterocycles. The van der Waals surface area contributed by atoms with E-state index in [9.17, 15) is 14.4 Å².